The van der Waals surface area contributed by atoms with E-state index in [1.165, 1.54) is 12.0 Å². The molecular weight excluding hydrogens is 268 g/mol. The molecule has 0 bridgehead atoms. The zero-order valence-corrected chi connectivity index (χ0v) is 13.3. The Labute approximate surface area is 128 Å². The zero-order valence-electron chi connectivity index (χ0n) is 13.3. The van der Waals surface area contributed by atoms with Gasteiger partial charge in [-0.1, -0.05) is 25.5 Å². The molecule has 0 atom stereocenters. The summed E-state index contributed by atoms with van der Waals surface area (Å²) in [7, 11) is 0. The van der Waals surface area contributed by atoms with E-state index in [0.717, 1.165) is 18.8 Å². The van der Waals surface area contributed by atoms with Crippen molar-refractivity contribution in [2.45, 2.75) is 26.7 Å². The summed E-state index contributed by atoms with van der Waals surface area (Å²) in [4.78, 5) is 0. The van der Waals surface area contributed by atoms with E-state index < -0.39 is 0 Å². The lowest BCUT2D eigenvalue weighted by Crippen LogP contribution is -2.12. The summed E-state index contributed by atoms with van der Waals surface area (Å²) in [6.45, 7) is 8.48. The molecule has 1 aromatic rings. The van der Waals surface area contributed by atoms with Gasteiger partial charge in [0.2, 0.25) is 0 Å². The maximum atomic E-state index is 5.61. The van der Waals surface area contributed by atoms with Gasteiger partial charge in [0.15, 0.2) is 0 Å². The van der Waals surface area contributed by atoms with E-state index in [9.17, 15) is 0 Å². The molecule has 0 aromatic heterocycles. The Morgan fingerprint density at radius 3 is 1.86 bits per heavy atom. The van der Waals surface area contributed by atoms with Gasteiger partial charge in [-0.2, -0.15) is 0 Å². The van der Waals surface area contributed by atoms with Crippen molar-refractivity contribution in [2.24, 2.45) is 0 Å². The summed E-state index contributed by atoms with van der Waals surface area (Å²) in [5, 5.41) is 0. The normalized spacial score (nSPS) is 10.8. The van der Waals surface area contributed by atoms with Crippen molar-refractivity contribution in [3.8, 4) is 5.75 Å². The van der Waals surface area contributed by atoms with Gasteiger partial charge in [0.05, 0.1) is 33.0 Å². The quantitative estimate of drug-likeness (QED) is 0.524. The highest BCUT2D eigenvalue weighted by atomic mass is 16.6. The Hall–Kier alpha value is -1.10. The van der Waals surface area contributed by atoms with Crippen LogP contribution in [0.3, 0.4) is 0 Å². The molecule has 1 aromatic carbocycles. The molecule has 0 unspecified atom stereocenters. The molecule has 0 saturated carbocycles. The van der Waals surface area contributed by atoms with E-state index in [1.807, 2.05) is 19.1 Å². The second-order valence-corrected chi connectivity index (χ2v) is 4.66. The van der Waals surface area contributed by atoms with Gasteiger partial charge in [0.25, 0.3) is 0 Å². The number of ether oxygens (including phenoxy) is 4. The van der Waals surface area contributed by atoms with E-state index in [2.05, 4.69) is 19.1 Å². The molecule has 0 N–H and O–H groups in total. The average Bonchev–Trinajstić information content (AvgIpc) is 2.51. The highest BCUT2D eigenvalue weighted by Gasteiger charge is 1.96. The van der Waals surface area contributed by atoms with Crippen molar-refractivity contribution in [1.29, 1.82) is 0 Å². The smallest absolute Gasteiger partial charge is 0.119 e. The van der Waals surface area contributed by atoms with Crippen LogP contribution in [-0.2, 0) is 20.6 Å². The number of hydrogen-bond donors (Lipinski definition) is 0. The minimum atomic E-state index is 0.562. The van der Waals surface area contributed by atoms with Crippen LogP contribution in [0.5, 0.6) is 5.75 Å². The second kappa shape index (κ2) is 12.6. The maximum Gasteiger partial charge on any atom is 0.119 e. The molecule has 0 aliphatic rings. The first-order valence-electron chi connectivity index (χ1n) is 7.81. The van der Waals surface area contributed by atoms with Crippen LogP contribution < -0.4 is 4.74 Å². The molecule has 4 heteroatoms. The Morgan fingerprint density at radius 1 is 0.714 bits per heavy atom. The third-order valence-corrected chi connectivity index (χ3v) is 2.91. The van der Waals surface area contributed by atoms with E-state index in [4.69, 9.17) is 18.9 Å². The van der Waals surface area contributed by atoms with Crippen LogP contribution in [0.1, 0.15) is 25.8 Å². The lowest BCUT2D eigenvalue weighted by molar-refractivity contribution is 0.0114. The minimum Gasteiger partial charge on any atom is -0.491 e. The van der Waals surface area contributed by atoms with Crippen LogP contribution in [0.2, 0.25) is 0 Å². The first kappa shape index (κ1) is 18.0. The van der Waals surface area contributed by atoms with Gasteiger partial charge in [0.1, 0.15) is 12.4 Å². The van der Waals surface area contributed by atoms with Gasteiger partial charge in [0, 0.05) is 6.61 Å². The zero-order chi connectivity index (χ0) is 15.2. The molecular formula is C17H28O4. The van der Waals surface area contributed by atoms with Crippen molar-refractivity contribution >= 4 is 0 Å². The van der Waals surface area contributed by atoms with E-state index in [-0.39, 0.29) is 0 Å². The monoisotopic (exact) mass is 296 g/mol. The third kappa shape index (κ3) is 9.45. The molecule has 0 aliphatic carbocycles. The summed E-state index contributed by atoms with van der Waals surface area (Å²) >= 11 is 0. The van der Waals surface area contributed by atoms with Crippen molar-refractivity contribution in [1.82, 2.24) is 0 Å². The first-order chi connectivity index (χ1) is 10.4. The van der Waals surface area contributed by atoms with Crippen LogP contribution in [0.25, 0.3) is 0 Å². The van der Waals surface area contributed by atoms with Gasteiger partial charge in [-0.05, 0) is 31.0 Å². The molecule has 0 radical (unpaired) electrons. The van der Waals surface area contributed by atoms with Gasteiger partial charge in [-0.15, -0.1) is 0 Å². The maximum absolute atomic E-state index is 5.61. The standard InChI is InChI=1S/C17H28O4/c1-3-5-16-6-8-17(9-7-16)21-15-14-20-13-12-19-11-10-18-4-2/h6-9H,3-5,10-15H2,1-2H3. The van der Waals surface area contributed by atoms with Crippen LogP contribution in [0, 0.1) is 0 Å². The van der Waals surface area contributed by atoms with Crippen molar-refractivity contribution in [3.05, 3.63) is 29.8 Å². The second-order valence-electron chi connectivity index (χ2n) is 4.66. The molecule has 21 heavy (non-hydrogen) atoms. The molecule has 0 saturated heterocycles. The minimum absolute atomic E-state index is 0.562. The molecule has 0 heterocycles. The number of benzene rings is 1. The molecule has 0 fully saturated rings. The predicted octanol–water partition coefficient (Wildman–Crippen LogP) is 3.09. The van der Waals surface area contributed by atoms with Crippen LogP contribution in [0.4, 0.5) is 0 Å². The molecule has 120 valence electrons. The van der Waals surface area contributed by atoms with Crippen molar-refractivity contribution in [2.75, 3.05) is 46.2 Å². The molecule has 0 amide bonds. The highest BCUT2D eigenvalue weighted by molar-refractivity contribution is 5.27. The summed E-state index contributed by atoms with van der Waals surface area (Å²) in [6, 6.07) is 8.27. The third-order valence-electron chi connectivity index (χ3n) is 2.91. The van der Waals surface area contributed by atoms with E-state index in [1.54, 1.807) is 0 Å². The SMILES string of the molecule is CCCc1ccc(OCCOCCOCCOCC)cc1. The molecule has 1 rings (SSSR count). The number of rotatable bonds is 13. The largest absolute Gasteiger partial charge is 0.491 e. The number of hydrogen-bond acceptors (Lipinski definition) is 4. The van der Waals surface area contributed by atoms with Gasteiger partial charge in [-0.3, -0.25) is 0 Å². The Kier molecular flexibility index (Phi) is 10.8. The van der Waals surface area contributed by atoms with Crippen LogP contribution in [-0.4, -0.2) is 46.2 Å². The molecule has 0 aliphatic heterocycles. The molecule has 4 nitrogen and oxygen atoms in total. The van der Waals surface area contributed by atoms with Crippen LogP contribution >= 0.6 is 0 Å². The van der Waals surface area contributed by atoms with Gasteiger partial charge in [-0.25, -0.2) is 0 Å². The molecule has 0 spiro atoms. The summed E-state index contributed by atoms with van der Waals surface area (Å²) in [6.07, 6.45) is 2.29. The van der Waals surface area contributed by atoms with Gasteiger partial charge < -0.3 is 18.9 Å². The average molecular weight is 296 g/mol. The fourth-order valence-electron chi connectivity index (χ4n) is 1.84. The topological polar surface area (TPSA) is 36.9 Å². The summed E-state index contributed by atoms with van der Waals surface area (Å²) in [5.74, 6) is 0.895. The van der Waals surface area contributed by atoms with Crippen molar-refractivity contribution < 1.29 is 18.9 Å². The number of aryl methyl sites for hydroxylation is 1. The Balaban J connectivity index is 1.94. The van der Waals surface area contributed by atoms with Gasteiger partial charge >= 0.3 is 0 Å². The fourth-order valence-corrected chi connectivity index (χ4v) is 1.84. The Bertz CT molecular complexity index is 337. The predicted molar refractivity (Wildman–Crippen MR) is 84.1 cm³/mol. The highest BCUT2D eigenvalue weighted by Crippen LogP contribution is 2.13. The Morgan fingerprint density at radius 2 is 1.29 bits per heavy atom. The van der Waals surface area contributed by atoms with Crippen LogP contribution in [0.15, 0.2) is 24.3 Å². The summed E-state index contributed by atoms with van der Waals surface area (Å²) < 4.78 is 21.6. The van der Waals surface area contributed by atoms with E-state index >= 15 is 0 Å². The fraction of sp³-hybridized carbons (Fsp3) is 0.647. The van der Waals surface area contributed by atoms with E-state index in [0.29, 0.717) is 39.6 Å². The summed E-state index contributed by atoms with van der Waals surface area (Å²) in [5.41, 5.74) is 1.35. The first-order valence-corrected chi connectivity index (χ1v) is 7.81. The lowest BCUT2D eigenvalue weighted by atomic mass is 10.1. The lowest BCUT2D eigenvalue weighted by Gasteiger charge is -2.08. The van der Waals surface area contributed by atoms with Crippen molar-refractivity contribution in [3.63, 3.8) is 0 Å².